The van der Waals surface area contributed by atoms with Crippen molar-refractivity contribution in [1.82, 2.24) is 15.0 Å². The van der Waals surface area contributed by atoms with E-state index in [1.807, 2.05) is 37.5 Å². The quantitative estimate of drug-likeness (QED) is 0.538. The molecule has 1 aromatic heterocycles. The summed E-state index contributed by atoms with van der Waals surface area (Å²) in [4.78, 5) is 0. The summed E-state index contributed by atoms with van der Waals surface area (Å²) in [6, 6.07) is 4.12. The van der Waals surface area contributed by atoms with Crippen molar-refractivity contribution < 1.29 is 0 Å². The molecule has 2 heterocycles. The molecule has 2 atom stereocenters. The summed E-state index contributed by atoms with van der Waals surface area (Å²) in [6.07, 6.45) is 22.4. The van der Waals surface area contributed by atoms with Crippen LogP contribution < -0.4 is 5.43 Å². The smallest absolute Gasteiger partial charge is 0.0988 e. The first-order valence-corrected chi connectivity index (χ1v) is 9.86. The Balaban J connectivity index is 2.40. The number of aromatic nitrogens is 1. The molecule has 0 aliphatic carbocycles. The summed E-state index contributed by atoms with van der Waals surface area (Å²) in [5.41, 5.74) is 6.31. The predicted octanol–water partition coefficient (Wildman–Crippen LogP) is 5.55. The van der Waals surface area contributed by atoms with Crippen LogP contribution in [0, 0.1) is 17.8 Å². The number of rotatable bonds is 5. The van der Waals surface area contributed by atoms with E-state index in [9.17, 15) is 0 Å². The fourth-order valence-corrected chi connectivity index (χ4v) is 3.42. The second-order valence-corrected chi connectivity index (χ2v) is 7.77. The zero-order valence-electron chi connectivity index (χ0n) is 17.7. The van der Waals surface area contributed by atoms with Crippen molar-refractivity contribution in [2.24, 2.45) is 5.41 Å². The highest BCUT2D eigenvalue weighted by Crippen LogP contribution is 2.35. The van der Waals surface area contributed by atoms with Gasteiger partial charge in [0.15, 0.2) is 0 Å². The van der Waals surface area contributed by atoms with Gasteiger partial charge in [0.1, 0.15) is 0 Å². The van der Waals surface area contributed by atoms with Crippen LogP contribution in [0.25, 0.3) is 5.70 Å². The van der Waals surface area contributed by atoms with Crippen LogP contribution >= 0.6 is 0 Å². The highest BCUT2D eigenvalue weighted by atomic mass is 15.5. The largest absolute Gasteiger partial charge is 0.324 e. The Hall–Kier alpha value is -2.70. The summed E-state index contributed by atoms with van der Waals surface area (Å²) in [6.45, 7) is 16.8. The summed E-state index contributed by atoms with van der Waals surface area (Å²) in [7, 11) is 0. The molecular formula is C25H33N3. The lowest BCUT2D eigenvalue weighted by atomic mass is 9.77. The fourth-order valence-electron chi connectivity index (χ4n) is 3.42. The van der Waals surface area contributed by atoms with E-state index in [0.717, 1.165) is 29.8 Å². The predicted molar refractivity (Wildman–Crippen MR) is 121 cm³/mol. The van der Waals surface area contributed by atoms with Crippen LogP contribution in [0.15, 0.2) is 79.3 Å². The third kappa shape index (κ3) is 4.77. The van der Waals surface area contributed by atoms with E-state index in [1.165, 1.54) is 0 Å². The third-order valence-electron chi connectivity index (χ3n) is 5.47. The highest BCUT2D eigenvalue weighted by Gasteiger charge is 2.37. The number of nitrogens with zero attached hydrogens (tertiary/aromatic N) is 2. The molecule has 3 heteroatoms. The van der Waals surface area contributed by atoms with E-state index in [4.69, 9.17) is 6.42 Å². The normalized spacial score (nSPS) is 25.2. The molecule has 0 aromatic carbocycles. The Morgan fingerprint density at radius 1 is 1.36 bits per heavy atom. The second-order valence-electron chi connectivity index (χ2n) is 7.77. The van der Waals surface area contributed by atoms with Gasteiger partial charge in [-0.05, 0) is 56.5 Å². The molecule has 0 radical (unpaired) electrons. The molecule has 0 saturated heterocycles. The Bertz CT molecular complexity index is 812. The third-order valence-corrected chi connectivity index (χ3v) is 5.47. The molecule has 2 unspecified atom stereocenters. The van der Waals surface area contributed by atoms with E-state index in [-0.39, 0.29) is 17.5 Å². The van der Waals surface area contributed by atoms with Gasteiger partial charge in [0.05, 0.1) is 11.7 Å². The minimum atomic E-state index is -0.271. The van der Waals surface area contributed by atoms with Gasteiger partial charge in [0, 0.05) is 29.5 Å². The zero-order valence-corrected chi connectivity index (χ0v) is 17.7. The van der Waals surface area contributed by atoms with Crippen LogP contribution in [0.3, 0.4) is 0 Å². The lowest BCUT2D eigenvalue weighted by Crippen LogP contribution is -2.55. The zero-order chi connectivity index (χ0) is 20.7. The second kappa shape index (κ2) is 9.48. The molecule has 1 aliphatic heterocycles. The topological polar surface area (TPSA) is 20.2 Å². The standard InChI is InChI=1S/C25H33N3/c1-8-22(19-23(9-2)27-17-13-14-18-27)26-28-21(5)16-12-11-15-20(4)25(6,7)24(28)10-3/h3,8-9,11,13-15,17-19,21,24,26H,1,4,12,16H2,2,5-7H3/b15-11-,22-19+,23-9+. The van der Waals surface area contributed by atoms with Crippen LogP contribution in [0.4, 0.5) is 0 Å². The molecule has 2 rings (SSSR count). The fraction of sp³-hybridized carbons (Fsp3) is 0.360. The summed E-state index contributed by atoms with van der Waals surface area (Å²) in [5, 5.41) is 2.19. The number of allylic oxidation sites excluding steroid dienone is 6. The number of terminal acetylenes is 1. The molecule has 0 spiro atoms. The van der Waals surface area contributed by atoms with Gasteiger partial charge in [-0.25, -0.2) is 5.01 Å². The molecular weight excluding hydrogens is 342 g/mol. The molecule has 1 aromatic rings. The first kappa shape index (κ1) is 21.6. The van der Waals surface area contributed by atoms with Gasteiger partial charge >= 0.3 is 0 Å². The van der Waals surface area contributed by atoms with Crippen molar-refractivity contribution in [3.05, 3.63) is 79.3 Å². The van der Waals surface area contributed by atoms with Crippen molar-refractivity contribution in [3.8, 4) is 12.3 Å². The lowest BCUT2D eigenvalue weighted by molar-refractivity contribution is 0.0685. The number of nitrogens with one attached hydrogen (secondary N) is 1. The van der Waals surface area contributed by atoms with Gasteiger partial charge in [-0.1, -0.05) is 51.2 Å². The number of hydrogen-bond donors (Lipinski definition) is 1. The maximum Gasteiger partial charge on any atom is 0.0988 e. The Labute approximate surface area is 170 Å². The van der Waals surface area contributed by atoms with Crippen molar-refractivity contribution in [2.75, 3.05) is 0 Å². The van der Waals surface area contributed by atoms with Crippen molar-refractivity contribution >= 4 is 5.70 Å². The number of hydrogen-bond acceptors (Lipinski definition) is 2. The van der Waals surface area contributed by atoms with Crippen LogP contribution in [0.5, 0.6) is 0 Å². The molecule has 1 N–H and O–H groups in total. The summed E-state index contributed by atoms with van der Waals surface area (Å²) in [5.74, 6) is 3.01. The molecule has 3 nitrogen and oxygen atoms in total. The minimum absolute atomic E-state index is 0.151. The van der Waals surface area contributed by atoms with Gasteiger partial charge in [0.2, 0.25) is 0 Å². The van der Waals surface area contributed by atoms with Gasteiger partial charge in [-0.15, -0.1) is 6.42 Å². The number of hydrazine groups is 1. The maximum absolute atomic E-state index is 6.03. The van der Waals surface area contributed by atoms with E-state index in [0.29, 0.717) is 0 Å². The van der Waals surface area contributed by atoms with Crippen molar-refractivity contribution in [2.45, 2.75) is 52.6 Å². The first-order valence-electron chi connectivity index (χ1n) is 9.86. The van der Waals surface area contributed by atoms with Crippen LogP contribution in [0.1, 0.15) is 40.5 Å². The van der Waals surface area contributed by atoms with Gasteiger partial charge in [-0.3, -0.25) is 0 Å². The van der Waals surface area contributed by atoms with E-state index in [1.54, 1.807) is 0 Å². The van der Waals surface area contributed by atoms with Crippen molar-refractivity contribution in [1.29, 1.82) is 0 Å². The van der Waals surface area contributed by atoms with E-state index < -0.39 is 0 Å². The van der Waals surface area contributed by atoms with Gasteiger partial charge in [0.25, 0.3) is 0 Å². The first-order chi connectivity index (χ1) is 13.3. The molecule has 1 aliphatic rings. The Morgan fingerprint density at radius 2 is 2.04 bits per heavy atom. The molecule has 0 fully saturated rings. The average molecular weight is 376 g/mol. The molecule has 0 amide bonds. The van der Waals surface area contributed by atoms with Crippen LogP contribution in [-0.2, 0) is 0 Å². The highest BCUT2D eigenvalue weighted by molar-refractivity contribution is 5.59. The minimum Gasteiger partial charge on any atom is -0.324 e. The van der Waals surface area contributed by atoms with Gasteiger partial charge < -0.3 is 9.99 Å². The lowest BCUT2D eigenvalue weighted by Gasteiger charge is -2.42. The molecule has 0 bridgehead atoms. The Kier molecular flexibility index (Phi) is 7.31. The van der Waals surface area contributed by atoms with E-state index >= 15 is 0 Å². The van der Waals surface area contributed by atoms with E-state index in [2.05, 4.69) is 79.2 Å². The Morgan fingerprint density at radius 3 is 2.61 bits per heavy atom. The molecule has 28 heavy (non-hydrogen) atoms. The monoisotopic (exact) mass is 375 g/mol. The molecule has 148 valence electrons. The van der Waals surface area contributed by atoms with Crippen LogP contribution in [-0.4, -0.2) is 21.7 Å². The summed E-state index contributed by atoms with van der Waals surface area (Å²) < 4.78 is 2.07. The van der Waals surface area contributed by atoms with Crippen LogP contribution in [0.2, 0.25) is 0 Å². The maximum atomic E-state index is 6.03. The summed E-state index contributed by atoms with van der Waals surface area (Å²) >= 11 is 0. The van der Waals surface area contributed by atoms with Gasteiger partial charge in [-0.2, -0.15) is 0 Å². The average Bonchev–Trinajstić information content (AvgIpc) is 3.21. The SMILES string of the molecule is C#CC1N(N/C(C=C)=C/C(=C\C)n2cccc2)C(C)CC/C=C\C(=C)C1(C)C. The van der Waals surface area contributed by atoms with Crippen molar-refractivity contribution in [3.63, 3.8) is 0 Å². The molecule has 0 saturated carbocycles.